The zero-order valence-electron chi connectivity index (χ0n) is 12.6. The number of nitrogens with one attached hydrogen (secondary N) is 1. The molecule has 2 aromatic carbocycles. The van der Waals surface area contributed by atoms with E-state index in [-0.39, 0.29) is 23.0 Å². The van der Waals surface area contributed by atoms with Crippen molar-refractivity contribution in [3.8, 4) is 0 Å². The second-order valence-electron chi connectivity index (χ2n) is 5.24. The molecule has 1 amide bonds. The molecule has 0 heterocycles. The van der Waals surface area contributed by atoms with Crippen molar-refractivity contribution in [2.45, 2.75) is 24.9 Å². The Kier molecular flexibility index (Phi) is 8.27. The zero-order valence-corrected chi connectivity index (χ0v) is 13.6. The van der Waals surface area contributed by atoms with E-state index in [9.17, 15) is 9.59 Å². The van der Waals surface area contributed by atoms with Crippen LogP contribution in [-0.4, -0.2) is 24.3 Å². The van der Waals surface area contributed by atoms with Gasteiger partial charge in [0.15, 0.2) is 0 Å². The van der Waals surface area contributed by atoms with E-state index < -0.39 is 12.1 Å². The Morgan fingerprint density at radius 1 is 0.957 bits per heavy atom. The first kappa shape index (κ1) is 19.1. The summed E-state index contributed by atoms with van der Waals surface area (Å²) in [6.45, 7) is 0. The molecule has 0 saturated carbocycles. The zero-order chi connectivity index (χ0) is 15.8. The second kappa shape index (κ2) is 9.95. The average Bonchev–Trinajstić information content (AvgIpc) is 2.56. The van der Waals surface area contributed by atoms with Gasteiger partial charge in [-0.05, 0) is 24.0 Å². The summed E-state index contributed by atoms with van der Waals surface area (Å²) in [4.78, 5) is 23.3. The molecule has 0 aliphatic carbocycles. The van der Waals surface area contributed by atoms with E-state index in [1.54, 1.807) is 0 Å². The van der Waals surface area contributed by atoms with Gasteiger partial charge in [0.2, 0.25) is 5.91 Å². The third-order valence-electron chi connectivity index (χ3n) is 3.43. The maximum absolute atomic E-state index is 12.1. The fraction of sp³-hybridized carbons (Fsp3) is 0.222. The number of amides is 1. The predicted octanol–water partition coefficient (Wildman–Crippen LogP) is 1.48. The van der Waals surface area contributed by atoms with Gasteiger partial charge in [-0.25, -0.2) is 0 Å². The van der Waals surface area contributed by atoms with E-state index in [0.717, 1.165) is 17.4 Å². The van der Waals surface area contributed by atoms with E-state index in [0.29, 0.717) is 12.8 Å². The van der Waals surface area contributed by atoms with Crippen LogP contribution in [0.25, 0.3) is 0 Å². The van der Waals surface area contributed by atoms with Crippen LogP contribution in [0.5, 0.6) is 0 Å². The Morgan fingerprint density at radius 2 is 1.43 bits per heavy atom. The topological polar surface area (TPSA) is 72.2 Å². The molecule has 5 heteroatoms. The molecule has 2 atom stereocenters. The van der Waals surface area contributed by atoms with Crippen LogP contribution in [0, 0.1) is 0 Å². The molecule has 0 aliphatic rings. The minimum atomic E-state index is -0.666. The molecule has 0 saturated heterocycles. The van der Waals surface area contributed by atoms with Crippen LogP contribution in [0.2, 0.25) is 0 Å². The first-order valence-corrected chi connectivity index (χ1v) is 7.28. The smallest absolute Gasteiger partial charge is 0.237 e. The largest absolute Gasteiger partial charge is 0.345 e. The van der Waals surface area contributed by atoms with Crippen molar-refractivity contribution in [1.82, 2.24) is 5.32 Å². The van der Waals surface area contributed by atoms with Gasteiger partial charge in [0, 0.05) is 17.1 Å². The van der Waals surface area contributed by atoms with Gasteiger partial charge in [-0.1, -0.05) is 60.7 Å². The standard InChI is InChI=1S/C18H20N2O2.Cu/c19-17(12-15-9-5-2-6-10-15)18(22)20-16(13-21)11-14-7-3-1-4-8-14;/h1-10,13,16-17H,11-12,19H2,(H,20,22);. The molecule has 0 aromatic heterocycles. The number of benzene rings is 2. The third kappa shape index (κ3) is 6.37. The molecule has 4 nitrogen and oxygen atoms in total. The van der Waals surface area contributed by atoms with Gasteiger partial charge in [0.1, 0.15) is 6.29 Å². The van der Waals surface area contributed by atoms with E-state index in [1.165, 1.54) is 0 Å². The molecule has 125 valence electrons. The van der Waals surface area contributed by atoms with Gasteiger partial charge >= 0.3 is 0 Å². The van der Waals surface area contributed by atoms with Gasteiger partial charge in [0.05, 0.1) is 12.1 Å². The van der Waals surface area contributed by atoms with Crippen LogP contribution in [0.3, 0.4) is 0 Å². The first-order valence-electron chi connectivity index (χ1n) is 7.28. The van der Waals surface area contributed by atoms with Crippen LogP contribution in [0.1, 0.15) is 11.1 Å². The maximum Gasteiger partial charge on any atom is 0.237 e. The summed E-state index contributed by atoms with van der Waals surface area (Å²) >= 11 is 0. The predicted molar refractivity (Wildman–Crippen MR) is 86.3 cm³/mol. The van der Waals surface area contributed by atoms with Gasteiger partial charge in [0.25, 0.3) is 0 Å². The van der Waals surface area contributed by atoms with Crippen molar-refractivity contribution < 1.29 is 26.7 Å². The molecule has 23 heavy (non-hydrogen) atoms. The number of carbonyl (C=O) groups excluding carboxylic acids is 2. The monoisotopic (exact) mass is 359 g/mol. The molecule has 0 spiro atoms. The van der Waals surface area contributed by atoms with Crippen molar-refractivity contribution in [3.63, 3.8) is 0 Å². The number of rotatable bonds is 7. The van der Waals surface area contributed by atoms with E-state index in [4.69, 9.17) is 5.73 Å². The minimum absolute atomic E-state index is 0. The number of hydrogen-bond donors (Lipinski definition) is 2. The van der Waals surface area contributed by atoms with Crippen LogP contribution >= 0.6 is 0 Å². The summed E-state index contributed by atoms with van der Waals surface area (Å²) < 4.78 is 0. The molecule has 3 N–H and O–H groups in total. The van der Waals surface area contributed by atoms with Crippen LogP contribution < -0.4 is 11.1 Å². The Bertz CT molecular complexity index is 605. The molecule has 0 fully saturated rings. The molecular formula is C18H20CuN2O2. The number of nitrogens with two attached hydrogens (primary N) is 1. The Balaban J connectivity index is 0.00000264. The Labute approximate surface area is 146 Å². The van der Waals surface area contributed by atoms with Gasteiger partial charge in [-0.2, -0.15) is 0 Å². The fourth-order valence-electron chi connectivity index (χ4n) is 2.25. The summed E-state index contributed by atoms with van der Waals surface area (Å²) in [6, 6.07) is 17.9. The number of aldehydes is 1. The molecule has 2 aromatic rings. The van der Waals surface area contributed by atoms with E-state index in [1.807, 2.05) is 60.7 Å². The van der Waals surface area contributed by atoms with E-state index in [2.05, 4.69) is 5.32 Å². The van der Waals surface area contributed by atoms with Crippen molar-refractivity contribution >= 4 is 12.2 Å². The molecule has 0 aliphatic heterocycles. The van der Waals surface area contributed by atoms with Crippen molar-refractivity contribution in [2.24, 2.45) is 5.73 Å². The van der Waals surface area contributed by atoms with Crippen molar-refractivity contribution in [1.29, 1.82) is 0 Å². The normalized spacial score (nSPS) is 12.6. The van der Waals surface area contributed by atoms with Crippen LogP contribution in [0.4, 0.5) is 0 Å². The van der Waals surface area contributed by atoms with Gasteiger partial charge < -0.3 is 15.8 Å². The summed E-state index contributed by atoms with van der Waals surface area (Å²) in [5.41, 5.74) is 7.91. The maximum atomic E-state index is 12.1. The average molecular weight is 360 g/mol. The third-order valence-corrected chi connectivity index (χ3v) is 3.43. The molecule has 1 radical (unpaired) electrons. The van der Waals surface area contributed by atoms with Gasteiger partial charge in [-0.3, -0.25) is 4.79 Å². The second-order valence-corrected chi connectivity index (χ2v) is 5.24. The van der Waals surface area contributed by atoms with Crippen LogP contribution in [-0.2, 0) is 39.5 Å². The molecule has 2 rings (SSSR count). The Hall–Kier alpha value is -1.94. The van der Waals surface area contributed by atoms with Crippen molar-refractivity contribution in [2.75, 3.05) is 0 Å². The molecular weight excluding hydrogens is 340 g/mol. The SMILES string of the molecule is NC(Cc1ccccc1)C(=O)NC(C=O)Cc1ccccc1.[Cu]. The molecule has 2 unspecified atom stereocenters. The summed E-state index contributed by atoms with van der Waals surface area (Å²) in [7, 11) is 0. The van der Waals surface area contributed by atoms with Crippen molar-refractivity contribution in [3.05, 3.63) is 71.8 Å². The fourth-order valence-corrected chi connectivity index (χ4v) is 2.25. The first-order chi connectivity index (χ1) is 10.7. The summed E-state index contributed by atoms with van der Waals surface area (Å²) in [6.07, 6.45) is 1.66. The number of hydrogen-bond acceptors (Lipinski definition) is 3. The Morgan fingerprint density at radius 3 is 1.91 bits per heavy atom. The van der Waals surface area contributed by atoms with E-state index >= 15 is 0 Å². The quantitative estimate of drug-likeness (QED) is 0.581. The minimum Gasteiger partial charge on any atom is -0.345 e. The van der Waals surface area contributed by atoms with Gasteiger partial charge in [-0.15, -0.1) is 0 Å². The van der Waals surface area contributed by atoms with Crippen LogP contribution in [0.15, 0.2) is 60.7 Å². The molecule has 0 bridgehead atoms. The number of carbonyl (C=O) groups is 2. The summed E-state index contributed by atoms with van der Waals surface area (Å²) in [5, 5.41) is 2.70. The summed E-state index contributed by atoms with van der Waals surface area (Å²) in [5.74, 6) is -0.308.